The summed E-state index contributed by atoms with van der Waals surface area (Å²) in [5, 5.41) is 10.8. The number of aliphatic hydroxyl groups excluding tert-OH is 1. The van der Waals surface area contributed by atoms with Crippen LogP contribution in [0.5, 0.6) is 0 Å². The zero-order valence-corrected chi connectivity index (χ0v) is 19.6. The molecule has 2 unspecified atom stereocenters. The normalized spacial score (nSPS) is 30.3. The van der Waals surface area contributed by atoms with Crippen molar-refractivity contribution in [2.45, 2.75) is 23.3 Å². The lowest BCUT2D eigenvalue weighted by atomic mass is 10.0. The summed E-state index contributed by atoms with van der Waals surface area (Å²) in [4.78, 5) is 43.8. The Morgan fingerprint density at radius 1 is 1.19 bits per heavy atom. The molecule has 1 saturated heterocycles. The first-order chi connectivity index (χ1) is 14.5. The van der Waals surface area contributed by atoms with E-state index in [2.05, 4.69) is 23.1 Å². The summed E-state index contributed by atoms with van der Waals surface area (Å²) in [6.45, 7) is -1.10. The van der Waals surface area contributed by atoms with Crippen LogP contribution in [0.2, 0.25) is 0 Å². The zero-order chi connectivity index (χ0) is 24.1. The first kappa shape index (κ1) is 26.0. The summed E-state index contributed by atoms with van der Waals surface area (Å²) in [7, 11) is -16.8. The van der Waals surface area contributed by atoms with Gasteiger partial charge in [0.2, 0.25) is 0 Å². The van der Waals surface area contributed by atoms with Gasteiger partial charge in [0, 0.05) is 5.56 Å². The number of hydrogen-bond donors (Lipinski definition) is 7. The fourth-order valence-electron chi connectivity index (χ4n) is 2.74. The van der Waals surface area contributed by atoms with Crippen LogP contribution in [0.3, 0.4) is 0 Å². The number of anilines is 1. The quantitative estimate of drug-likeness (QED) is 0.170. The number of phosphoric ester groups is 1. The summed E-state index contributed by atoms with van der Waals surface area (Å²) in [5.41, 5.74) is 10.3. The number of rotatable bonds is 8. The maximum Gasteiger partial charge on any atom is 0.490 e. The fourth-order valence-corrected chi connectivity index (χ4v) is 7.14. The van der Waals surface area contributed by atoms with E-state index in [0.717, 1.165) is 0 Å². The van der Waals surface area contributed by atoms with Crippen molar-refractivity contribution in [1.29, 1.82) is 0 Å². The minimum Gasteiger partial charge on any atom is -0.387 e. The van der Waals surface area contributed by atoms with Crippen LogP contribution in [-0.4, -0.2) is 58.5 Å². The number of nitrogens with zero attached hydrogens (tertiary/aromatic N) is 2. The molecule has 0 spiro atoms. The average Bonchev–Trinajstić information content (AvgIpc) is 3.14. The molecule has 0 saturated carbocycles. The Balaban J connectivity index is 1.76. The van der Waals surface area contributed by atoms with Crippen molar-refractivity contribution in [3.63, 3.8) is 0 Å². The lowest BCUT2D eigenvalue weighted by Crippen LogP contribution is -2.53. The molecule has 2 aromatic rings. The number of fused-ring (bicyclic) bond motifs is 1. The average molecular weight is 557 g/mol. The summed E-state index contributed by atoms with van der Waals surface area (Å²) in [6.07, 6.45) is -1.56. The largest absolute Gasteiger partial charge is 0.490 e. The van der Waals surface area contributed by atoms with E-state index < -0.39 is 53.4 Å². The molecule has 1 aliphatic heterocycles. The molecule has 32 heavy (non-hydrogen) atoms. The molecular weight excluding hydrogens is 541 g/mol. The van der Waals surface area contributed by atoms with Gasteiger partial charge < -0.3 is 35.2 Å². The molecule has 6 atom stereocenters. The van der Waals surface area contributed by atoms with Gasteiger partial charge in [-0.2, -0.15) is 8.62 Å². The lowest BCUT2D eigenvalue weighted by Gasteiger charge is -2.28. The standard InChI is InChI=1S/C11H16ClN4O12P3S/c12-5-7(4-1-32-8-6(4)15-3-16-10(8)13)26-11(14,9(5)17)2-25-30(21,22)28-31(23,24)27-29(18,19)20/h1,3,5,7,9,17H,2,14H2,(H,21,22)(H,23,24)(H2,13,15,16)(H2,18,19,20)/t5-,7-,9-,11+/m0/s1. The molecule has 2 aromatic heterocycles. The number of hydrogen-bond acceptors (Lipinski definition) is 13. The van der Waals surface area contributed by atoms with E-state index in [1.807, 2.05) is 0 Å². The molecule has 180 valence electrons. The summed E-state index contributed by atoms with van der Waals surface area (Å²) in [6, 6.07) is 0. The van der Waals surface area contributed by atoms with Crippen molar-refractivity contribution >= 4 is 62.4 Å². The number of phosphoric acid groups is 3. The van der Waals surface area contributed by atoms with E-state index in [0.29, 0.717) is 15.8 Å². The van der Waals surface area contributed by atoms with Crippen molar-refractivity contribution in [2.75, 3.05) is 12.3 Å². The molecular formula is C11H16ClN4O12P3S. The molecule has 0 amide bonds. The summed E-state index contributed by atoms with van der Waals surface area (Å²) >= 11 is 7.42. The SMILES string of the molecule is Nc1ncnc2c([C@@H]3O[C@](N)(COP(=O)(O)OP(=O)(O)OP(=O)(O)O)[C@@H](O)[C@H]3Cl)csc12. The van der Waals surface area contributed by atoms with Crippen molar-refractivity contribution < 1.29 is 56.3 Å². The number of nitrogens with two attached hydrogens (primary N) is 2. The molecule has 3 rings (SSSR count). The number of aliphatic hydroxyl groups is 1. The van der Waals surface area contributed by atoms with Gasteiger partial charge in [-0.3, -0.25) is 10.3 Å². The van der Waals surface area contributed by atoms with Crippen LogP contribution in [0.15, 0.2) is 11.7 Å². The van der Waals surface area contributed by atoms with Crippen molar-refractivity contribution in [3.8, 4) is 0 Å². The number of thiophene rings is 1. The van der Waals surface area contributed by atoms with Crippen LogP contribution >= 0.6 is 46.4 Å². The van der Waals surface area contributed by atoms with E-state index in [-0.39, 0.29) is 5.82 Å². The van der Waals surface area contributed by atoms with Crippen LogP contribution in [0.4, 0.5) is 5.82 Å². The van der Waals surface area contributed by atoms with E-state index in [4.69, 9.17) is 37.6 Å². The lowest BCUT2D eigenvalue weighted by molar-refractivity contribution is -0.105. The molecule has 16 nitrogen and oxygen atoms in total. The Hall–Kier alpha value is -0.580. The topological polar surface area (TPSA) is 267 Å². The van der Waals surface area contributed by atoms with Gasteiger partial charge in [-0.25, -0.2) is 23.7 Å². The van der Waals surface area contributed by atoms with E-state index >= 15 is 0 Å². The molecule has 0 radical (unpaired) electrons. The molecule has 0 aliphatic carbocycles. The van der Waals surface area contributed by atoms with Gasteiger partial charge in [-0.15, -0.1) is 22.9 Å². The van der Waals surface area contributed by atoms with Crippen LogP contribution in [0.25, 0.3) is 10.2 Å². The number of halogens is 1. The Morgan fingerprint density at radius 2 is 1.84 bits per heavy atom. The molecule has 0 bridgehead atoms. The minimum atomic E-state index is -5.73. The number of ether oxygens (including phenoxy) is 1. The Kier molecular flexibility index (Phi) is 7.23. The van der Waals surface area contributed by atoms with Gasteiger partial charge in [0.05, 0.1) is 15.6 Å². The van der Waals surface area contributed by atoms with Crippen molar-refractivity contribution in [1.82, 2.24) is 9.97 Å². The highest BCUT2D eigenvalue weighted by molar-refractivity contribution is 7.66. The maximum atomic E-state index is 11.9. The molecule has 0 aromatic carbocycles. The smallest absolute Gasteiger partial charge is 0.387 e. The Morgan fingerprint density at radius 3 is 2.47 bits per heavy atom. The fraction of sp³-hybridized carbons (Fsp3) is 0.455. The molecule has 3 heterocycles. The van der Waals surface area contributed by atoms with E-state index in [1.165, 1.54) is 17.7 Å². The number of nitrogen functional groups attached to an aromatic ring is 1. The highest BCUT2D eigenvalue weighted by Crippen LogP contribution is 2.66. The molecule has 1 aliphatic rings. The second-order valence-corrected chi connectivity index (χ2v) is 12.2. The molecule has 9 N–H and O–H groups in total. The van der Waals surface area contributed by atoms with Crippen LogP contribution in [0.1, 0.15) is 11.7 Å². The third kappa shape index (κ3) is 5.73. The van der Waals surface area contributed by atoms with Gasteiger partial charge in [0.1, 0.15) is 31.0 Å². The van der Waals surface area contributed by atoms with Gasteiger partial charge in [0.25, 0.3) is 0 Å². The third-order valence-electron chi connectivity index (χ3n) is 4.02. The highest BCUT2D eigenvalue weighted by atomic mass is 35.5. The summed E-state index contributed by atoms with van der Waals surface area (Å²) < 4.78 is 51.7. The Bertz CT molecular complexity index is 1160. The van der Waals surface area contributed by atoms with Crippen molar-refractivity contribution in [2.24, 2.45) is 5.73 Å². The first-order valence-electron chi connectivity index (χ1n) is 8.08. The second kappa shape index (κ2) is 8.89. The number of alkyl halides is 1. The second-order valence-electron chi connectivity index (χ2n) is 6.37. The van der Waals surface area contributed by atoms with Crippen LogP contribution in [-0.2, 0) is 31.6 Å². The predicted octanol–water partition coefficient (Wildman–Crippen LogP) is 0.311. The Labute approximate surface area is 187 Å². The van der Waals surface area contributed by atoms with Gasteiger partial charge in [-0.05, 0) is 5.38 Å². The monoisotopic (exact) mass is 556 g/mol. The minimum absolute atomic E-state index is 0.197. The van der Waals surface area contributed by atoms with Gasteiger partial charge >= 0.3 is 23.5 Å². The van der Waals surface area contributed by atoms with Crippen LogP contribution < -0.4 is 11.5 Å². The van der Waals surface area contributed by atoms with Gasteiger partial charge in [0.15, 0.2) is 5.72 Å². The number of aromatic nitrogens is 2. The predicted molar refractivity (Wildman–Crippen MR) is 108 cm³/mol. The van der Waals surface area contributed by atoms with Gasteiger partial charge in [-0.1, -0.05) is 0 Å². The highest BCUT2D eigenvalue weighted by Gasteiger charge is 2.54. The van der Waals surface area contributed by atoms with E-state index in [9.17, 15) is 28.6 Å². The maximum absolute atomic E-state index is 11.9. The zero-order valence-electron chi connectivity index (χ0n) is 15.4. The first-order valence-corrected chi connectivity index (χ1v) is 13.9. The molecule has 21 heteroatoms. The van der Waals surface area contributed by atoms with Crippen LogP contribution in [0, 0.1) is 0 Å². The molecule has 1 fully saturated rings. The van der Waals surface area contributed by atoms with E-state index in [1.54, 1.807) is 5.38 Å². The third-order valence-corrected chi connectivity index (χ3v) is 9.28. The van der Waals surface area contributed by atoms with Crippen molar-refractivity contribution in [3.05, 3.63) is 17.3 Å². The summed E-state index contributed by atoms with van der Waals surface area (Å²) in [5.74, 6) is 0.197.